The van der Waals surface area contributed by atoms with Gasteiger partial charge in [0.25, 0.3) is 5.56 Å². The SMILES string of the molecule is CCC(CC)c1nc2c(c(=O)[nH]1)CCCCC2. The molecule has 0 spiro atoms. The molecule has 0 saturated heterocycles. The third-order valence-electron chi connectivity index (χ3n) is 3.83. The summed E-state index contributed by atoms with van der Waals surface area (Å²) in [7, 11) is 0. The Hall–Kier alpha value is -1.12. The molecule has 1 aliphatic carbocycles. The molecule has 0 bridgehead atoms. The zero-order chi connectivity index (χ0) is 12.3. The topological polar surface area (TPSA) is 45.8 Å². The number of aryl methyl sites for hydroxylation is 1. The third-order valence-corrected chi connectivity index (χ3v) is 3.83. The normalized spacial score (nSPS) is 15.7. The third kappa shape index (κ3) is 2.59. The molecule has 0 atom stereocenters. The van der Waals surface area contributed by atoms with E-state index in [0.29, 0.717) is 5.92 Å². The first-order valence-corrected chi connectivity index (χ1v) is 6.88. The molecule has 3 heteroatoms. The zero-order valence-corrected chi connectivity index (χ0v) is 10.9. The van der Waals surface area contributed by atoms with Gasteiger partial charge in [-0.1, -0.05) is 20.3 Å². The number of hydrogen-bond donors (Lipinski definition) is 1. The van der Waals surface area contributed by atoms with Gasteiger partial charge >= 0.3 is 0 Å². The second-order valence-electron chi connectivity index (χ2n) is 4.95. The van der Waals surface area contributed by atoms with E-state index in [-0.39, 0.29) is 5.56 Å². The first-order chi connectivity index (χ1) is 8.26. The molecular weight excluding hydrogens is 212 g/mol. The van der Waals surface area contributed by atoms with Gasteiger partial charge in [-0.3, -0.25) is 4.79 Å². The van der Waals surface area contributed by atoms with Crippen LogP contribution >= 0.6 is 0 Å². The molecule has 0 aromatic carbocycles. The van der Waals surface area contributed by atoms with Crippen molar-refractivity contribution in [3.05, 3.63) is 27.4 Å². The maximum Gasteiger partial charge on any atom is 0.254 e. The van der Waals surface area contributed by atoms with E-state index in [9.17, 15) is 4.79 Å². The van der Waals surface area contributed by atoms with Gasteiger partial charge in [0.2, 0.25) is 0 Å². The van der Waals surface area contributed by atoms with Gasteiger partial charge in [0.05, 0.1) is 5.69 Å². The first-order valence-electron chi connectivity index (χ1n) is 6.88. The predicted molar refractivity (Wildman–Crippen MR) is 69.4 cm³/mol. The van der Waals surface area contributed by atoms with Crippen LogP contribution in [0, 0.1) is 0 Å². The van der Waals surface area contributed by atoms with Gasteiger partial charge in [-0.25, -0.2) is 4.98 Å². The van der Waals surface area contributed by atoms with Crippen LogP contribution in [-0.2, 0) is 12.8 Å². The fraction of sp³-hybridized carbons (Fsp3) is 0.714. The number of hydrogen-bond acceptors (Lipinski definition) is 2. The van der Waals surface area contributed by atoms with Crippen molar-refractivity contribution in [3.8, 4) is 0 Å². The lowest BCUT2D eigenvalue weighted by molar-refractivity contribution is 0.592. The molecule has 0 unspecified atom stereocenters. The van der Waals surface area contributed by atoms with Crippen LogP contribution in [0.25, 0.3) is 0 Å². The highest BCUT2D eigenvalue weighted by Crippen LogP contribution is 2.21. The molecule has 3 nitrogen and oxygen atoms in total. The molecule has 2 rings (SSSR count). The highest BCUT2D eigenvalue weighted by atomic mass is 16.1. The lowest BCUT2D eigenvalue weighted by Crippen LogP contribution is -2.21. The summed E-state index contributed by atoms with van der Waals surface area (Å²) in [6.45, 7) is 4.31. The molecule has 0 fully saturated rings. The second kappa shape index (κ2) is 5.48. The minimum atomic E-state index is 0.110. The number of nitrogens with zero attached hydrogens (tertiary/aromatic N) is 1. The summed E-state index contributed by atoms with van der Waals surface area (Å²) in [5.41, 5.74) is 2.11. The summed E-state index contributed by atoms with van der Waals surface area (Å²) in [6, 6.07) is 0. The van der Waals surface area contributed by atoms with Gasteiger partial charge in [0.15, 0.2) is 0 Å². The van der Waals surface area contributed by atoms with Crippen LogP contribution in [0.3, 0.4) is 0 Å². The Kier molecular flexibility index (Phi) is 3.97. The van der Waals surface area contributed by atoms with Crippen molar-refractivity contribution in [1.29, 1.82) is 0 Å². The van der Waals surface area contributed by atoms with Crippen molar-refractivity contribution in [3.63, 3.8) is 0 Å². The monoisotopic (exact) mass is 234 g/mol. The minimum Gasteiger partial charge on any atom is -0.310 e. The maximum atomic E-state index is 12.1. The minimum absolute atomic E-state index is 0.110. The fourth-order valence-electron chi connectivity index (χ4n) is 2.67. The summed E-state index contributed by atoms with van der Waals surface area (Å²) in [5.74, 6) is 1.30. The van der Waals surface area contributed by atoms with Gasteiger partial charge in [0.1, 0.15) is 5.82 Å². The second-order valence-corrected chi connectivity index (χ2v) is 4.95. The van der Waals surface area contributed by atoms with Crippen molar-refractivity contribution in [2.24, 2.45) is 0 Å². The van der Waals surface area contributed by atoms with E-state index in [1.165, 1.54) is 12.8 Å². The molecule has 1 aromatic rings. The Morgan fingerprint density at radius 1 is 1.18 bits per heavy atom. The summed E-state index contributed by atoms with van der Waals surface area (Å²) in [5, 5.41) is 0. The number of fused-ring (bicyclic) bond motifs is 1. The van der Waals surface area contributed by atoms with Crippen LogP contribution in [0.1, 0.15) is 69.0 Å². The molecule has 1 aliphatic rings. The molecule has 0 saturated carbocycles. The largest absolute Gasteiger partial charge is 0.310 e. The van der Waals surface area contributed by atoms with E-state index >= 15 is 0 Å². The van der Waals surface area contributed by atoms with Gasteiger partial charge in [-0.15, -0.1) is 0 Å². The van der Waals surface area contributed by atoms with Crippen LogP contribution in [0.15, 0.2) is 4.79 Å². The predicted octanol–water partition coefficient (Wildman–Crippen LogP) is 2.94. The summed E-state index contributed by atoms with van der Waals surface area (Å²) < 4.78 is 0. The standard InChI is InChI=1S/C14H22N2O/c1-3-10(4-2)13-15-12-9-7-5-6-8-11(12)14(17)16-13/h10H,3-9H2,1-2H3,(H,15,16,17). The van der Waals surface area contributed by atoms with Crippen molar-refractivity contribution in [2.75, 3.05) is 0 Å². The van der Waals surface area contributed by atoms with Crippen LogP contribution in [0.4, 0.5) is 0 Å². The number of aromatic nitrogens is 2. The zero-order valence-electron chi connectivity index (χ0n) is 10.9. The molecular formula is C14H22N2O. The average molecular weight is 234 g/mol. The Labute approximate surface area is 103 Å². The van der Waals surface area contributed by atoms with Crippen LogP contribution in [0.2, 0.25) is 0 Å². The number of rotatable bonds is 3. The summed E-state index contributed by atoms with van der Waals surface area (Å²) >= 11 is 0. The van der Waals surface area contributed by atoms with Gasteiger partial charge in [0, 0.05) is 11.5 Å². The molecule has 0 aliphatic heterocycles. The maximum absolute atomic E-state index is 12.1. The Morgan fingerprint density at radius 3 is 2.59 bits per heavy atom. The molecule has 1 heterocycles. The Bertz CT molecular complexity index is 432. The molecule has 0 radical (unpaired) electrons. The highest BCUT2D eigenvalue weighted by molar-refractivity contribution is 5.20. The molecule has 17 heavy (non-hydrogen) atoms. The Balaban J connectivity index is 2.41. The number of aromatic amines is 1. The molecule has 0 amide bonds. The lowest BCUT2D eigenvalue weighted by atomic mass is 10.0. The van der Waals surface area contributed by atoms with Gasteiger partial charge in [-0.2, -0.15) is 0 Å². The van der Waals surface area contributed by atoms with E-state index in [2.05, 4.69) is 18.8 Å². The number of nitrogens with one attached hydrogen (secondary N) is 1. The summed E-state index contributed by atoms with van der Waals surface area (Å²) in [4.78, 5) is 19.8. The van der Waals surface area contributed by atoms with Crippen molar-refractivity contribution < 1.29 is 0 Å². The highest BCUT2D eigenvalue weighted by Gasteiger charge is 2.17. The lowest BCUT2D eigenvalue weighted by Gasteiger charge is -2.13. The molecule has 94 valence electrons. The molecule has 1 N–H and O–H groups in total. The summed E-state index contributed by atoms with van der Waals surface area (Å²) in [6.07, 6.45) is 7.48. The van der Waals surface area contributed by atoms with Gasteiger partial charge < -0.3 is 4.98 Å². The van der Waals surface area contributed by atoms with Crippen LogP contribution < -0.4 is 5.56 Å². The first kappa shape index (κ1) is 12.3. The smallest absolute Gasteiger partial charge is 0.254 e. The van der Waals surface area contributed by atoms with E-state index in [0.717, 1.165) is 49.2 Å². The Morgan fingerprint density at radius 2 is 1.88 bits per heavy atom. The van der Waals surface area contributed by atoms with Crippen LogP contribution in [0.5, 0.6) is 0 Å². The van der Waals surface area contributed by atoms with E-state index in [1.807, 2.05) is 0 Å². The number of H-pyrrole nitrogens is 1. The molecule has 1 aromatic heterocycles. The average Bonchev–Trinajstić information content (AvgIpc) is 2.56. The van der Waals surface area contributed by atoms with Gasteiger partial charge in [-0.05, 0) is 38.5 Å². The van der Waals surface area contributed by atoms with E-state index in [1.54, 1.807) is 0 Å². The quantitative estimate of drug-likeness (QED) is 0.817. The van der Waals surface area contributed by atoms with E-state index in [4.69, 9.17) is 4.98 Å². The van der Waals surface area contributed by atoms with Crippen molar-refractivity contribution in [2.45, 2.75) is 64.7 Å². The van der Waals surface area contributed by atoms with Crippen molar-refractivity contribution >= 4 is 0 Å². The fourth-order valence-corrected chi connectivity index (χ4v) is 2.67. The van der Waals surface area contributed by atoms with E-state index < -0.39 is 0 Å². The van der Waals surface area contributed by atoms with Crippen molar-refractivity contribution in [1.82, 2.24) is 9.97 Å². The van der Waals surface area contributed by atoms with Crippen LogP contribution in [-0.4, -0.2) is 9.97 Å².